The summed E-state index contributed by atoms with van der Waals surface area (Å²) in [6.07, 6.45) is -0.459. The SMILES string of the molecule is COCCOCCN1C(=O)C(C)Oc2cc(I)ccc21. The number of carbonyl (C=O) groups excluding carboxylic acids is 1. The van der Waals surface area contributed by atoms with Crippen LogP contribution in [0.5, 0.6) is 5.75 Å². The predicted octanol–water partition coefficient (Wildman–Crippen LogP) is 2.07. The molecule has 1 amide bonds. The lowest BCUT2D eigenvalue weighted by Crippen LogP contribution is -2.45. The number of nitrogens with zero attached hydrogens (tertiary/aromatic N) is 1. The van der Waals surface area contributed by atoms with Gasteiger partial charge in [-0.1, -0.05) is 0 Å². The van der Waals surface area contributed by atoms with Crippen LogP contribution in [0.15, 0.2) is 18.2 Å². The van der Waals surface area contributed by atoms with Gasteiger partial charge < -0.3 is 19.1 Å². The normalized spacial score (nSPS) is 17.9. The van der Waals surface area contributed by atoms with Gasteiger partial charge >= 0.3 is 0 Å². The smallest absolute Gasteiger partial charge is 0.267 e. The lowest BCUT2D eigenvalue weighted by molar-refractivity contribution is -0.125. The Labute approximate surface area is 132 Å². The molecule has 1 aromatic rings. The van der Waals surface area contributed by atoms with Crippen molar-refractivity contribution in [3.05, 3.63) is 21.8 Å². The van der Waals surface area contributed by atoms with Gasteiger partial charge in [-0.25, -0.2) is 0 Å². The molecular weight excluding hydrogens is 373 g/mol. The van der Waals surface area contributed by atoms with Crippen LogP contribution < -0.4 is 9.64 Å². The molecule has 0 saturated carbocycles. The van der Waals surface area contributed by atoms with E-state index in [2.05, 4.69) is 22.6 Å². The van der Waals surface area contributed by atoms with Crippen LogP contribution in [0.4, 0.5) is 5.69 Å². The van der Waals surface area contributed by atoms with Crippen molar-refractivity contribution in [2.75, 3.05) is 38.4 Å². The van der Waals surface area contributed by atoms with Crippen molar-refractivity contribution in [3.8, 4) is 5.75 Å². The Morgan fingerprint density at radius 2 is 2.15 bits per heavy atom. The van der Waals surface area contributed by atoms with Gasteiger partial charge in [-0.3, -0.25) is 4.79 Å². The van der Waals surface area contributed by atoms with Gasteiger partial charge in [0.1, 0.15) is 5.75 Å². The molecule has 2 rings (SSSR count). The van der Waals surface area contributed by atoms with Gasteiger partial charge in [-0.15, -0.1) is 0 Å². The fourth-order valence-electron chi connectivity index (χ4n) is 2.02. The first-order valence-electron chi connectivity index (χ1n) is 6.47. The van der Waals surface area contributed by atoms with Crippen LogP contribution in [0, 0.1) is 3.57 Å². The molecule has 1 unspecified atom stereocenters. The summed E-state index contributed by atoms with van der Waals surface area (Å²) in [4.78, 5) is 13.9. The first kappa shape index (κ1) is 15.5. The van der Waals surface area contributed by atoms with E-state index in [0.717, 1.165) is 15.0 Å². The molecule has 0 aromatic heterocycles. The Morgan fingerprint density at radius 1 is 1.35 bits per heavy atom. The van der Waals surface area contributed by atoms with Gasteiger partial charge in [0.25, 0.3) is 5.91 Å². The molecule has 0 saturated heterocycles. The summed E-state index contributed by atoms with van der Waals surface area (Å²) in [7, 11) is 1.63. The van der Waals surface area contributed by atoms with Crippen molar-refractivity contribution in [1.82, 2.24) is 0 Å². The van der Waals surface area contributed by atoms with Gasteiger partial charge in [0.15, 0.2) is 6.10 Å². The van der Waals surface area contributed by atoms with Gasteiger partial charge in [-0.05, 0) is 47.7 Å². The van der Waals surface area contributed by atoms with Crippen LogP contribution in [0.25, 0.3) is 0 Å². The quantitative estimate of drug-likeness (QED) is 0.551. The van der Waals surface area contributed by atoms with Crippen molar-refractivity contribution in [2.45, 2.75) is 13.0 Å². The minimum atomic E-state index is -0.459. The fourth-order valence-corrected chi connectivity index (χ4v) is 2.48. The highest BCUT2D eigenvalue weighted by Gasteiger charge is 2.31. The van der Waals surface area contributed by atoms with E-state index >= 15 is 0 Å². The Hall–Kier alpha value is -0.860. The molecule has 6 heteroatoms. The first-order chi connectivity index (χ1) is 9.63. The molecule has 1 aromatic carbocycles. The second-order valence-corrected chi connectivity index (χ2v) is 5.71. The number of methoxy groups -OCH3 is 1. The average molecular weight is 391 g/mol. The number of benzene rings is 1. The first-order valence-corrected chi connectivity index (χ1v) is 7.55. The zero-order valence-electron chi connectivity index (χ0n) is 11.6. The Morgan fingerprint density at radius 3 is 2.90 bits per heavy atom. The summed E-state index contributed by atoms with van der Waals surface area (Å²) in [5, 5.41) is 0. The lowest BCUT2D eigenvalue weighted by Gasteiger charge is -2.33. The van der Waals surface area contributed by atoms with Crippen LogP contribution in [-0.4, -0.2) is 45.5 Å². The highest BCUT2D eigenvalue weighted by molar-refractivity contribution is 14.1. The van der Waals surface area contributed by atoms with E-state index in [1.54, 1.807) is 18.9 Å². The standard InChI is InChI=1S/C14H18INO4/c1-10-14(17)16(5-6-19-8-7-18-2)12-4-3-11(15)9-13(12)20-10/h3-4,9-10H,5-8H2,1-2H3. The number of rotatable bonds is 6. The molecule has 1 aliphatic heterocycles. The molecule has 0 aliphatic carbocycles. The van der Waals surface area contributed by atoms with E-state index in [0.29, 0.717) is 26.4 Å². The third-order valence-corrected chi connectivity index (χ3v) is 3.69. The van der Waals surface area contributed by atoms with Crippen molar-refractivity contribution >= 4 is 34.2 Å². The second kappa shape index (κ2) is 7.24. The fraction of sp³-hybridized carbons (Fsp3) is 0.500. The van der Waals surface area contributed by atoms with E-state index < -0.39 is 6.10 Å². The molecule has 1 atom stereocenters. The van der Waals surface area contributed by atoms with E-state index in [1.807, 2.05) is 18.2 Å². The predicted molar refractivity (Wildman–Crippen MR) is 84.3 cm³/mol. The van der Waals surface area contributed by atoms with E-state index in [1.165, 1.54) is 0 Å². The molecule has 20 heavy (non-hydrogen) atoms. The topological polar surface area (TPSA) is 48.0 Å². The summed E-state index contributed by atoms with van der Waals surface area (Å²) >= 11 is 2.23. The number of hydrogen-bond acceptors (Lipinski definition) is 4. The highest BCUT2D eigenvalue weighted by atomic mass is 127. The minimum absolute atomic E-state index is 0.0333. The highest BCUT2D eigenvalue weighted by Crippen LogP contribution is 2.35. The number of carbonyl (C=O) groups is 1. The maximum atomic E-state index is 12.2. The summed E-state index contributed by atoms with van der Waals surface area (Å²) in [5.41, 5.74) is 0.809. The second-order valence-electron chi connectivity index (χ2n) is 4.47. The molecule has 1 heterocycles. The Balaban J connectivity index is 2.05. The van der Waals surface area contributed by atoms with E-state index in [4.69, 9.17) is 14.2 Å². The molecule has 1 aliphatic rings. The van der Waals surface area contributed by atoms with Crippen LogP contribution in [-0.2, 0) is 14.3 Å². The van der Waals surface area contributed by atoms with Gasteiger partial charge in [-0.2, -0.15) is 0 Å². The van der Waals surface area contributed by atoms with Crippen LogP contribution in [0.1, 0.15) is 6.92 Å². The third kappa shape index (κ3) is 3.62. The zero-order chi connectivity index (χ0) is 14.5. The summed E-state index contributed by atoms with van der Waals surface area (Å²) < 4.78 is 17.1. The largest absolute Gasteiger partial charge is 0.479 e. The minimum Gasteiger partial charge on any atom is -0.479 e. The number of ether oxygens (including phenoxy) is 3. The monoisotopic (exact) mass is 391 g/mol. The molecule has 5 nitrogen and oxygen atoms in total. The average Bonchev–Trinajstić information content (AvgIpc) is 2.42. The number of anilines is 1. The third-order valence-electron chi connectivity index (χ3n) is 3.02. The van der Waals surface area contributed by atoms with Crippen LogP contribution >= 0.6 is 22.6 Å². The molecule has 0 radical (unpaired) electrons. The summed E-state index contributed by atoms with van der Waals surface area (Å²) in [6.45, 7) is 3.85. The number of hydrogen-bond donors (Lipinski definition) is 0. The molecule has 110 valence electrons. The molecule has 0 N–H and O–H groups in total. The number of fused-ring (bicyclic) bond motifs is 1. The molecular formula is C14H18INO4. The van der Waals surface area contributed by atoms with Crippen LogP contribution in [0.2, 0.25) is 0 Å². The Kier molecular flexibility index (Phi) is 5.62. The number of amides is 1. The van der Waals surface area contributed by atoms with Gasteiger partial charge in [0.05, 0.1) is 25.5 Å². The van der Waals surface area contributed by atoms with Gasteiger partial charge in [0.2, 0.25) is 0 Å². The van der Waals surface area contributed by atoms with Crippen molar-refractivity contribution in [2.24, 2.45) is 0 Å². The van der Waals surface area contributed by atoms with Crippen molar-refractivity contribution in [3.63, 3.8) is 0 Å². The van der Waals surface area contributed by atoms with E-state index in [9.17, 15) is 4.79 Å². The maximum absolute atomic E-state index is 12.2. The summed E-state index contributed by atoms with van der Waals surface area (Å²) in [5.74, 6) is 0.718. The zero-order valence-corrected chi connectivity index (χ0v) is 13.8. The molecule has 0 spiro atoms. The number of halogens is 1. The Bertz CT molecular complexity index is 480. The molecule has 0 bridgehead atoms. The van der Waals surface area contributed by atoms with Crippen molar-refractivity contribution in [1.29, 1.82) is 0 Å². The molecule has 0 fully saturated rings. The van der Waals surface area contributed by atoms with Crippen LogP contribution in [0.3, 0.4) is 0 Å². The summed E-state index contributed by atoms with van der Waals surface area (Å²) in [6, 6.07) is 5.82. The van der Waals surface area contributed by atoms with Crippen molar-refractivity contribution < 1.29 is 19.0 Å². The van der Waals surface area contributed by atoms with Gasteiger partial charge in [0, 0.05) is 17.2 Å². The maximum Gasteiger partial charge on any atom is 0.267 e. The lowest BCUT2D eigenvalue weighted by atomic mass is 10.2. The van der Waals surface area contributed by atoms with E-state index in [-0.39, 0.29) is 5.91 Å².